The number of oxazole rings is 1. The molecule has 4 rings (SSSR count). The molecule has 0 fully saturated rings. The second-order valence-electron chi connectivity index (χ2n) is 7.70. The molecule has 1 aromatic heterocycles. The Hall–Kier alpha value is -4.39. The third-order valence-electron chi connectivity index (χ3n) is 5.19. The normalized spacial score (nSPS) is 11.2. The first-order chi connectivity index (χ1) is 17.2. The van der Waals surface area contributed by atoms with E-state index in [1.54, 1.807) is 6.26 Å². The number of hydrogen-bond acceptors (Lipinski definition) is 7. The van der Waals surface area contributed by atoms with Crippen LogP contribution in [0, 0.1) is 0 Å². The van der Waals surface area contributed by atoms with Crippen molar-refractivity contribution in [1.29, 1.82) is 0 Å². The van der Waals surface area contributed by atoms with Gasteiger partial charge in [0.05, 0.1) is 19.2 Å². The molecule has 0 atom stereocenters. The van der Waals surface area contributed by atoms with E-state index in [9.17, 15) is 4.79 Å². The Labute approximate surface area is 204 Å². The molecule has 0 bridgehead atoms. The summed E-state index contributed by atoms with van der Waals surface area (Å²) in [6, 6.07) is 26.9. The van der Waals surface area contributed by atoms with Crippen molar-refractivity contribution in [3.8, 4) is 17.2 Å². The Morgan fingerprint density at radius 3 is 2.31 bits per heavy atom. The zero-order valence-corrected chi connectivity index (χ0v) is 19.4. The number of hydrogen-bond donors (Lipinski definition) is 0. The van der Waals surface area contributed by atoms with E-state index in [1.165, 1.54) is 7.11 Å². The molecule has 1 heterocycles. The van der Waals surface area contributed by atoms with Gasteiger partial charge < -0.3 is 18.7 Å². The lowest BCUT2D eigenvalue weighted by atomic mass is 10.1. The van der Waals surface area contributed by atoms with E-state index >= 15 is 0 Å². The van der Waals surface area contributed by atoms with Crippen LogP contribution in [0.1, 0.15) is 29.7 Å². The minimum Gasteiger partial charge on any atom is -0.487 e. The Morgan fingerprint density at radius 1 is 0.886 bits per heavy atom. The fraction of sp³-hybridized carbons (Fsp3) is 0.179. The standard InChI is InChI=1S/C28H26N2O5/c1-32-27(31)17-16-26(22-8-4-2-5-9-22)30-35-18-21-12-14-25(15-13-21)33-19-24-20-34-28(29-24)23-10-6-3-7-11-23/h2-15,20H,16-19H2,1H3/b30-26+. The molecule has 3 aromatic carbocycles. The van der Waals surface area contributed by atoms with Gasteiger partial charge in [-0.25, -0.2) is 4.98 Å². The first-order valence-electron chi connectivity index (χ1n) is 11.2. The van der Waals surface area contributed by atoms with Gasteiger partial charge in [0, 0.05) is 12.0 Å². The SMILES string of the molecule is COC(=O)CC/C(=N\OCc1ccc(OCc2coc(-c3ccccc3)n2)cc1)c1ccccc1. The first-order valence-corrected chi connectivity index (χ1v) is 11.2. The highest BCUT2D eigenvalue weighted by Gasteiger charge is 2.09. The second-order valence-corrected chi connectivity index (χ2v) is 7.70. The van der Waals surface area contributed by atoms with Gasteiger partial charge in [-0.2, -0.15) is 0 Å². The summed E-state index contributed by atoms with van der Waals surface area (Å²) in [7, 11) is 1.37. The van der Waals surface area contributed by atoms with Crippen molar-refractivity contribution in [2.75, 3.05) is 7.11 Å². The molecule has 35 heavy (non-hydrogen) atoms. The van der Waals surface area contributed by atoms with E-state index in [4.69, 9.17) is 18.7 Å². The lowest BCUT2D eigenvalue weighted by Crippen LogP contribution is -2.08. The van der Waals surface area contributed by atoms with Crippen molar-refractivity contribution < 1.29 is 23.5 Å². The van der Waals surface area contributed by atoms with Crippen LogP contribution in [-0.4, -0.2) is 23.8 Å². The van der Waals surface area contributed by atoms with E-state index in [0.717, 1.165) is 16.7 Å². The van der Waals surface area contributed by atoms with Gasteiger partial charge in [0.1, 0.15) is 30.9 Å². The molecule has 0 saturated carbocycles. The van der Waals surface area contributed by atoms with Gasteiger partial charge >= 0.3 is 5.97 Å². The Kier molecular flexibility index (Phi) is 8.27. The molecule has 0 aliphatic carbocycles. The highest BCUT2D eigenvalue weighted by atomic mass is 16.6. The number of rotatable bonds is 11. The van der Waals surface area contributed by atoms with Crippen molar-refractivity contribution >= 4 is 11.7 Å². The van der Waals surface area contributed by atoms with Crippen LogP contribution in [-0.2, 0) is 27.6 Å². The second kappa shape index (κ2) is 12.2. The third-order valence-corrected chi connectivity index (χ3v) is 5.19. The zero-order chi connectivity index (χ0) is 24.3. The molecule has 0 unspecified atom stereocenters. The van der Waals surface area contributed by atoms with Crippen LogP contribution < -0.4 is 4.74 Å². The highest BCUT2D eigenvalue weighted by molar-refractivity contribution is 6.01. The Bertz CT molecular complexity index is 1240. The molecule has 0 aliphatic heterocycles. The summed E-state index contributed by atoms with van der Waals surface area (Å²) in [6.45, 7) is 0.593. The molecule has 4 aromatic rings. The molecule has 7 nitrogen and oxygen atoms in total. The van der Waals surface area contributed by atoms with Crippen LogP contribution >= 0.6 is 0 Å². The third kappa shape index (κ3) is 7.04. The minimum absolute atomic E-state index is 0.234. The topological polar surface area (TPSA) is 83.2 Å². The molecule has 0 spiro atoms. The van der Waals surface area contributed by atoms with Gasteiger partial charge in [-0.05, 0) is 35.4 Å². The fourth-order valence-electron chi connectivity index (χ4n) is 3.31. The lowest BCUT2D eigenvalue weighted by Gasteiger charge is -2.08. The average Bonchev–Trinajstić information content (AvgIpc) is 3.40. The summed E-state index contributed by atoms with van der Waals surface area (Å²) in [4.78, 5) is 21.6. The van der Waals surface area contributed by atoms with Crippen molar-refractivity contribution in [2.24, 2.45) is 5.16 Å². The van der Waals surface area contributed by atoms with Crippen LogP contribution in [0.3, 0.4) is 0 Å². The number of aromatic nitrogens is 1. The predicted octanol–water partition coefficient (Wildman–Crippen LogP) is 5.79. The van der Waals surface area contributed by atoms with Gasteiger partial charge in [-0.3, -0.25) is 4.79 Å². The smallest absolute Gasteiger partial charge is 0.305 e. The first kappa shape index (κ1) is 23.8. The predicted molar refractivity (Wildman–Crippen MR) is 132 cm³/mol. The molecule has 0 aliphatic rings. The molecular formula is C28H26N2O5. The molecule has 0 radical (unpaired) electrons. The fourth-order valence-corrected chi connectivity index (χ4v) is 3.31. The van der Waals surface area contributed by atoms with Crippen LogP contribution in [0.2, 0.25) is 0 Å². The number of benzene rings is 3. The molecule has 178 valence electrons. The van der Waals surface area contributed by atoms with Gasteiger partial charge in [-0.1, -0.05) is 65.8 Å². The van der Waals surface area contributed by atoms with Crippen molar-refractivity contribution in [3.63, 3.8) is 0 Å². The number of carbonyl (C=O) groups is 1. The van der Waals surface area contributed by atoms with Crippen molar-refractivity contribution in [1.82, 2.24) is 4.98 Å². The van der Waals surface area contributed by atoms with E-state index in [2.05, 4.69) is 10.1 Å². The van der Waals surface area contributed by atoms with Crippen molar-refractivity contribution in [2.45, 2.75) is 26.1 Å². The molecule has 0 N–H and O–H groups in total. The van der Waals surface area contributed by atoms with Gasteiger partial charge in [0.2, 0.25) is 5.89 Å². The number of oxime groups is 1. The summed E-state index contributed by atoms with van der Waals surface area (Å²) in [5, 5.41) is 4.28. The van der Waals surface area contributed by atoms with Gasteiger partial charge in [0.25, 0.3) is 0 Å². The minimum atomic E-state index is -0.286. The number of carbonyl (C=O) groups excluding carboxylic acids is 1. The number of esters is 1. The summed E-state index contributed by atoms with van der Waals surface area (Å²) in [5.41, 5.74) is 4.17. The summed E-state index contributed by atoms with van der Waals surface area (Å²) in [6.07, 6.45) is 2.27. The molecule has 7 heteroatoms. The van der Waals surface area contributed by atoms with Crippen molar-refractivity contribution in [3.05, 3.63) is 108 Å². The summed E-state index contributed by atoms with van der Waals surface area (Å²) < 4.78 is 16.1. The van der Waals surface area contributed by atoms with Crippen LogP contribution in [0.25, 0.3) is 11.5 Å². The zero-order valence-electron chi connectivity index (χ0n) is 19.4. The highest BCUT2D eigenvalue weighted by Crippen LogP contribution is 2.20. The summed E-state index contributed by atoms with van der Waals surface area (Å²) in [5.74, 6) is 0.995. The van der Waals surface area contributed by atoms with E-state index in [0.29, 0.717) is 42.7 Å². The molecule has 0 saturated heterocycles. The van der Waals surface area contributed by atoms with Gasteiger partial charge in [-0.15, -0.1) is 0 Å². The Balaban J connectivity index is 1.30. The van der Waals surface area contributed by atoms with E-state index < -0.39 is 0 Å². The van der Waals surface area contributed by atoms with E-state index in [-0.39, 0.29) is 12.4 Å². The Morgan fingerprint density at radius 2 is 1.60 bits per heavy atom. The van der Waals surface area contributed by atoms with Gasteiger partial charge in [0.15, 0.2) is 0 Å². The maximum Gasteiger partial charge on any atom is 0.305 e. The lowest BCUT2D eigenvalue weighted by molar-refractivity contribution is -0.140. The number of ether oxygens (including phenoxy) is 2. The largest absolute Gasteiger partial charge is 0.487 e. The number of nitrogens with zero attached hydrogens (tertiary/aromatic N) is 2. The quantitative estimate of drug-likeness (QED) is 0.157. The van der Waals surface area contributed by atoms with Crippen LogP contribution in [0.4, 0.5) is 0 Å². The average molecular weight is 471 g/mol. The molecular weight excluding hydrogens is 444 g/mol. The maximum atomic E-state index is 11.5. The molecule has 0 amide bonds. The van der Waals surface area contributed by atoms with Crippen LogP contribution in [0.15, 0.2) is 101 Å². The summed E-state index contributed by atoms with van der Waals surface area (Å²) >= 11 is 0. The number of methoxy groups -OCH3 is 1. The van der Waals surface area contributed by atoms with Crippen LogP contribution in [0.5, 0.6) is 5.75 Å². The van der Waals surface area contributed by atoms with E-state index in [1.807, 2.05) is 84.9 Å². The maximum absolute atomic E-state index is 11.5. The monoisotopic (exact) mass is 470 g/mol.